The molecule has 0 saturated heterocycles. The Bertz CT molecular complexity index is 115. The summed E-state index contributed by atoms with van der Waals surface area (Å²) in [5.74, 6) is -0.0677. The number of thioether (sulfide) groups is 1. The molecule has 1 atom stereocenters. The van der Waals surface area contributed by atoms with E-state index in [0.29, 0.717) is 6.61 Å². The molecule has 0 aliphatic carbocycles. The topological polar surface area (TPSA) is 26.3 Å². The third-order valence-corrected chi connectivity index (χ3v) is 2.38. The molecule has 0 rings (SSSR count). The summed E-state index contributed by atoms with van der Waals surface area (Å²) in [4.78, 5) is 11.1. The Morgan fingerprint density at radius 2 is 2.18 bits per heavy atom. The molecule has 0 saturated carbocycles. The lowest BCUT2D eigenvalue weighted by Crippen LogP contribution is -2.19. The molecule has 2 nitrogen and oxygen atoms in total. The van der Waals surface area contributed by atoms with Gasteiger partial charge >= 0.3 is 5.97 Å². The van der Waals surface area contributed by atoms with E-state index in [1.807, 2.05) is 13.2 Å². The maximum absolute atomic E-state index is 11.1. The van der Waals surface area contributed by atoms with Gasteiger partial charge in [0.05, 0.1) is 6.61 Å². The van der Waals surface area contributed by atoms with E-state index in [4.69, 9.17) is 4.74 Å². The van der Waals surface area contributed by atoms with Crippen LogP contribution in [0.5, 0.6) is 0 Å². The molecule has 0 amide bonds. The minimum Gasteiger partial charge on any atom is -0.465 e. The van der Waals surface area contributed by atoms with Crippen molar-refractivity contribution in [3.05, 3.63) is 0 Å². The quantitative estimate of drug-likeness (QED) is 0.600. The monoisotopic (exact) mass is 176 g/mol. The van der Waals surface area contributed by atoms with Gasteiger partial charge in [-0.05, 0) is 19.6 Å². The Hall–Kier alpha value is -0.180. The maximum Gasteiger partial charge on any atom is 0.319 e. The summed E-state index contributed by atoms with van der Waals surface area (Å²) in [6, 6.07) is 0. The van der Waals surface area contributed by atoms with Gasteiger partial charge in [-0.15, -0.1) is 0 Å². The van der Waals surface area contributed by atoms with Gasteiger partial charge in [0.1, 0.15) is 5.25 Å². The molecule has 0 bridgehead atoms. The first-order chi connectivity index (χ1) is 5.26. The van der Waals surface area contributed by atoms with Crippen molar-refractivity contribution in [2.45, 2.75) is 31.9 Å². The molecule has 0 fully saturated rings. The standard InChI is InChI=1S/C8H16O2S/c1-4-6-7(11-3)8(9)10-5-2/h7H,4-6H2,1-3H3. The van der Waals surface area contributed by atoms with Crippen molar-refractivity contribution in [2.75, 3.05) is 12.9 Å². The van der Waals surface area contributed by atoms with Crippen molar-refractivity contribution in [1.82, 2.24) is 0 Å². The molecule has 0 radical (unpaired) electrons. The second-order valence-electron chi connectivity index (χ2n) is 2.27. The predicted molar refractivity (Wildman–Crippen MR) is 48.8 cm³/mol. The van der Waals surface area contributed by atoms with Gasteiger partial charge in [0.25, 0.3) is 0 Å². The van der Waals surface area contributed by atoms with Gasteiger partial charge in [-0.1, -0.05) is 13.3 Å². The number of ether oxygens (including phenoxy) is 1. The van der Waals surface area contributed by atoms with Gasteiger partial charge < -0.3 is 4.74 Å². The fourth-order valence-electron chi connectivity index (χ4n) is 0.829. The lowest BCUT2D eigenvalue weighted by Gasteiger charge is -2.10. The van der Waals surface area contributed by atoms with Crippen LogP contribution in [0, 0.1) is 0 Å². The van der Waals surface area contributed by atoms with E-state index >= 15 is 0 Å². The summed E-state index contributed by atoms with van der Waals surface area (Å²) in [5, 5.41) is 0.0416. The molecule has 0 spiro atoms. The Morgan fingerprint density at radius 1 is 1.55 bits per heavy atom. The van der Waals surface area contributed by atoms with Gasteiger partial charge in [-0.25, -0.2) is 0 Å². The molecule has 0 aromatic rings. The molecule has 11 heavy (non-hydrogen) atoms. The second kappa shape index (κ2) is 6.53. The number of esters is 1. The van der Waals surface area contributed by atoms with Crippen LogP contribution in [0.1, 0.15) is 26.7 Å². The highest BCUT2D eigenvalue weighted by molar-refractivity contribution is 7.99. The van der Waals surface area contributed by atoms with E-state index in [-0.39, 0.29) is 11.2 Å². The van der Waals surface area contributed by atoms with Crippen molar-refractivity contribution < 1.29 is 9.53 Å². The number of hydrogen-bond acceptors (Lipinski definition) is 3. The smallest absolute Gasteiger partial charge is 0.319 e. The SMILES string of the molecule is CCCC(SC)C(=O)OCC. The van der Waals surface area contributed by atoms with Crippen molar-refractivity contribution in [3.63, 3.8) is 0 Å². The third-order valence-electron chi connectivity index (χ3n) is 1.38. The summed E-state index contributed by atoms with van der Waals surface area (Å²) in [7, 11) is 0. The van der Waals surface area contributed by atoms with Crippen LogP contribution in [0.15, 0.2) is 0 Å². The number of carbonyl (C=O) groups is 1. The molecule has 0 N–H and O–H groups in total. The van der Waals surface area contributed by atoms with Gasteiger partial charge in [0, 0.05) is 0 Å². The zero-order chi connectivity index (χ0) is 8.69. The average Bonchev–Trinajstić information content (AvgIpc) is 2.00. The van der Waals surface area contributed by atoms with Gasteiger partial charge in [0.15, 0.2) is 0 Å². The molecule has 0 heterocycles. The van der Waals surface area contributed by atoms with E-state index in [9.17, 15) is 4.79 Å². The van der Waals surface area contributed by atoms with E-state index < -0.39 is 0 Å². The maximum atomic E-state index is 11.1. The molecular formula is C8H16O2S. The van der Waals surface area contributed by atoms with Crippen molar-refractivity contribution in [2.24, 2.45) is 0 Å². The highest BCUT2D eigenvalue weighted by Crippen LogP contribution is 2.14. The molecule has 0 aromatic heterocycles. The van der Waals surface area contributed by atoms with Crippen LogP contribution in [0.4, 0.5) is 0 Å². The van der Waals surface area contributed by atoms with E-state index in [1.54, 1.807) is 11.8 Å². The lowest BCUT2D eigenvalue weighted by atomic mass is 10.2. The summed E-state index contributed by atoms with van der Waals surface area (Å²) in [6.07, 6.45) is 3.89. The first-order valence-electron chi connectivity index (χ1n) is 3.95. The zero-order valence-corrected chi connectivity index (χ0v) is 8.24. The van der Waals surface area contributed by atoms with Crippen molar-refractivity contribution >= 4 is 17.7 Å². The molecule has 0 aliphatic heterocycles. The summed E-state index contributed by atoms with van der Waals surface area (Å²) < 4.78 is 4.89. The first-order valence-corrected chi connectivity index (χ1v) is 5.24. The highest BCUT2D eigenvalue weighted by Gasteiger charge is 2.16. The second-order valence-corrected chi connectivity index (χ2v) is 3.31. The molecule has 66 valence electrons. The summed E-state index contributed by atoms with van der Waals surface area (Å²) >= 11 is 1.57. The largest absolute Gasteiger partial charge is 0.465 e. The van der Waals surface area contributed by atoms with E-state index in [1.165, 1.54) is 0 Å². The van der Waals surface area contributed by atoms with Crippen LogP contribution < -0.4 is 0 Å². The van der Waals surface area contributed by atoms with Crippen LogP contribution in [0.25, 0.3) is 0 Å². The Balaban J connectivity index is 3.71. The van der Waals surface area contributed by atoms with Crippen molar-refractivity contribution in [1.29, 1.82) is 0 Å². The van der Waals surface area contributed by atoms with Crippen LogP contribution in [-0.2, 0) is 9.53 Å². The lowest BCUT2D eigenvalue weighted by molar-refractivity contribution is -0.142. The van der Waals surface area contributed by atoms with Gasteiger partial charge in [-0.3, -0.25) is 4.79 Å². The van der Waals surface area contributed by atoms with E-state index in [0.717, 1.165) is 12.8 Å². The highest BCUT2D eigenvalue weighted by atomic mass is 32.2. The fourth-order valence-corrected chi connectivity index (χ4v) is 1.56. The molecule has 0 aromatic carbocycles. The summed E-state index contributed by atoms with van der Waals surface area (Å²) in [5.41, 5.74) is 0. The zero-order valence-electron chi connectivity index (χ0n) is 7.42. The fraction of sp³-hybridized carbons (Fsp3) is 0.875. The van der Waals surface area contributed by atoms with Crippen LogP contribution in [0.2, 0.25) is 0 Å². The molecule has 1 unspecified atom stereocenters. The Kier molecular flexibility index (Phi) is 6.42. The molecular weight excluding hydrogens is 160 g/mol. The molecule has 0 aliphatic rings. The van der Waals surface area contributed by atoms with Crippen molar-refractivity contribution in [3.8, 4) is 0 Å². The average molecular weight is 176 g/mol. The Labute approximate surface area is 72.7 Å². The third kappa shape index (κ3) is 4.30. The number of rotatable bonds is 5. The van der Waals surface area contributed by atoms with Gasteiger partial charge in [0.2, 0.25) is 0 Å². The minimum atomic E-state index is -0.0677. The van der Waals surface area contributed by atoms with Crippen LogP contribution in [0.3, 0.4) is 0 Å². The first kappa shape index (κ1) is 10.8. The predicted octanol–water partition coefficient (Wildman–Crippen LogP) is 2.08. The van der Waals surface area contributed by atoms with Crippen LogP contribution >= 0.6 is 11.8 Å². The normalized spacial score (nSPS) is 12.6. The number of hydrogen-bond donors (Lipinski definition) is 0. The minimum absolute atomic E-state index is 0.0416. The summed E-state index contributed by atoms with van der Waals surface area (Å²) in [6.45, 7) is 4.39. The van der Waals surface area contributed by atoms with Gasteiger partial charge in [-0.2, -0.15) is 11.8 Å². The van der Waals surface area contributed by atoms with E-state index in [2.05, 4.69) is 6.92 Å². The number of carbonyl (C=O) groups excluding carboxylic acids is 1. The van der Waals surface area contributed by atoms with Crippen LogP contribution in [-0.4, -0.2) is 24.1 Å². The molecule has 3 heteroatoms. The Morgan fingerprint density at radius 3 is 2.55 bits per heavy atom.